The van der Waals surface area contributed by atoms with Crippen LogP contribution in [0.25, 0.3) is 0 Å². The Labute approximate surface area is 115 Å². The lowest BCUT2D eigenvalue weighted by molar-refractivity contribution is 0.401. The van der Waals surface area contributed by atoms with E-state index in [2.05, 4.69) is 16.3 Å². The van der Waals surface area contributed by atoms with Gasteiger partial charge in [-0.2, -0.15) is 11.8 Å². The van der Waals surface area contributed by atoms with Gasteiger partial charge in [0, 0.05) is 11.3 Å². The van der Waals surface area contributed by atoms with Gasteiger partial charge in [-0.05, 0) is 50.9 Å². The van der Waals surface area contributed by atoms with Gasteiger partial charge in [-0.25, -0.2) is 13.1 Å². The first-order chi connectivity index (χ1) is 8.61. The molecular formula is C12H24N2O2S2. The molecule has 1 aliphatic carbocycles. The van der Waals surface area contributed by atoms with Crippen molar-refractivity contribution in [3.63, 3.8) is 0 Å². The summed E-state index contributed by atoms with van der Waals surface area (Å²) in [4.78, 5) is 0. The molecule has 0 bridgehead atoms. The Morgan fingerprint density at radius 3 is 2.78 bits per heavy atom. The Kier molecular flexibility index (Phi) is 5.35. The molecule has 0 radical (unpaired) electrons. The fraction of sp³-hybridized carbons (Fsp3) is 1.00. The van der Waals surface area contributed by atoms with Crippen LogP contribution >= 0.6 is 11.8 Å². The smallest absolute Gasteiger partial charge is 0.212 e. The van der Waals surface area contributed by atoms with Gasteiger partial charge >= 0.3 is 0 Å². The Balaban J connectivity index is 1.86. The van der Waals surface area contributed by atoms with E-state index >= 15 is 0 Å². The summed E-state index contributed by atoms with van der Waals surface area (Å²) in [6, 6.07) is 0.154. The first-order valence-corrected chi connectivity index (χ1v) is 9.78. The molecule has 1 saturated heterocycles. The SMILES string of the molecule is CSC1CCCC1NS(=O)(=O)CC1CCCNC1. The molecule has 3 unspecified atom stereocenters. The maximum Gasteiger partial charge on any atom is 0.212 e. The summed E-state index contributed by atoms with van der Waals surface area (Å²) in [5, 5.41) is 3.74. The minimum Gasteiger partial charge on any atom is -0.316 e. The quantitative estimate of drug-likeness (QED) is 0.799. The van der Waals surface area contributed by atoms with Crippen molar-refractivity contribution in [3.8, 4) is 0 Å². The molecule has 2 fully saturated rings. The van der Waals surface area contributed by atoms with Gasteiger partial charge in [-0.15, -0.1) is 0 Å². The minimum atomic E-state index is -3.11. The zero-order valence-electron chi connectivity index (χ0n) is 11.0. The van der Waals surface area contributed by atoms with Gasteiger partial charge in [0.15, 0.2) is 0 Å². The molecule has 3 atom stereocenters. The standard InChI is InChI=1S/C12H24N2O2S2/c1-17-12-6-2-5-11(12)14-18(15,16)9-10-4-3-7-13-8-10/h10-14H,2-9H2,1H3. The van der Waals surface area contributed by atoms with Crippen LogP contribution in [0.2, 0.25) is 0 Å². The first-order valence-electron chi connectivity index (χ1n) is 6.84. The highest BCUT2D eigenvalue weighted by Crippen LogP contribution is 2.29. The van der Waals surface area contributed by atoms with Crippen molar-refractivity contribution < 1.29 is 8.42 Å². The van der Waals surface area contributed by atoms with Crippen LogP contribution in [0.5, 0.6) is 0 Å². The fourth-order valence-corrected chi connectivity index (χ4v) is 5.76. The second kappa shape index (κ2) is 6.59. The number of hydrogen-bond acceptors (Lipinski definition) is 4. The largest absolute Gasteiger partial charge is 0.316 e. The molecule has 1 saturated carbocycles. The van der Waals surface area contributed by atoms with E-state index in [1.54, 1.807) is 11.8 Å². The fourth-order valence-electron chi connectivity index (χ4n) is 3.00. The maximum absolute atomic E-state index is 12.2. The molecule has 106 valence electrons. The van der Waals surface area contributed by atoms with Gasteiger partial charge < -0.3 is 5.32 Å². The van der Waals surface area contributed by atoms with E-state index < -0.39 is 10.0 Å². The molecule has 4 nitrogen and oxygen atoms in total. The van der Waals surface area contributed by atoms with Crippen LogP contribution in [0, 0.1) is 5.92 Å². The zero-order chi connectivity index (χ0) is 13.0. The van der Waals surface area contributed by atoms with Crippen molar-refractivity contribution in [2.75, 3.05) is 25.1 Å². The van der Waals surface area contributed by atoms with E-state index in [0.717, 1.165) is 45.2 Å². The Morgan fingerprint density at radius 1 is 1.28 bits per heavy atom. The Bertz CT molecular complexity index is 353. The lowest BCUT2D eigenvalue weighted by Crippen LogP contribution is -2.43. The predicted molar refractivity (Wildman–Crippen MR) is 77.5 cm³/mol. The number of hydrogen-bond donors (Lipinski definition) is 2. The van der Waals surface area contributed by atoms with Crippen molar-refractivity contribution in [2.24, 2.45) is 5.92 Å². The lowest BCUT2D eigenvalue weighted by atomic mass is 10.0. The summed E-state index contributed by atoms with van der Waals surface area (Å²) >= 11 is 1.79. The van der Waals surface area contributed by atoms with Gasteiger partial charge in [0.2, 0.25) is 10.0 Å². The second-order valence-electron chi connectivity index (χ2n) is 5.42. The lowest BCUT2D eigenvalue weighted by Gasteiger charge is -2.24. The summed E-state index contributed by atoms with van der Waals surface area (Å²) in [6.45, 7) is 1.87. The highest BCUT2D eigenvalue weighted by molar-refractivity contribution is 7.99. The predicted octanol–water partition coefficient (Wildman–Crippen LogP) is 1.19. The third-order valence-electron chi connectivity index (χ3n) is 3.94. The molecular weight excluding hydrogens is 268 g/mol. The molecule has 2 N–H and O–H groups in total. The van der Waals surface area contributed by atoms with Crippen molar-refractivity contribution in [1.29, 1.82) is 0 Å². The van der Waals surface area contributed by atoms with Crippen molar-refractivity contribution >= 4 is 21.8 Å². The molecule has 0 aromatic heterocycles. The van der Waals surface area contributed by atoms with E-state index in [9.17, 15) is 8.42 Å². The van der Waals surface area contributed by atoms with Crippen LogP contribution in [0.4, 0.5) is 0 Å². The first kappa shape index (κ1) is 14.6. The van der Waals surface area contributed by atoms with Gasteiger partial charge in [-0.1, -0.05) is 6.42 Å². The third-order valence-corrected chi connectivity index (χ3v) is 6.68. The number of piperidine rings is 1. The number of rotatable bonds is 5. The van der Waals surface area contributed by atoms with E-state index in [1.165, 1.54) is 0 Å². The molecule has 1 heterocycles. The number of sulfonamides is 1. The van der Waals surface area contributed by atoms with Gasteiger partial charge in [0.25, 0.3) is 0 Å². The average molecular weight is 292 g/mol. The van der Waals surface area contributed by atoms with Gasteiger partial charge in [0.1, 0.15) is 0 Å². The molecule has 2 aliphatic rings. The molecule has 0 spiro atoms. The van der Waals surface area contributed by atoms with Crippen LogP contribution in [0.1, 0.15) is 32.1 Å². The third kappa shape index (κ3) is 4.11. The highest BCUT2D eigenvalue weighted by atomic mass is 32.2. The summed E-state index contributed by atoms with van der Waals surface area (Å²) in [5.74, 6) is 0.572. The summed E-state index contributed by atoms with van der Waals surface area (Å²) < 4.78 is 27.3. The van der Waals surface area contributed by atoms with Crippen LogP contribution in [-0.4, -0.2) is 44.8 Å². The number of nitrogens with one attached hydrogen (secondary N) is 2. The Morgan fingerprint density at radius 2 is 2.11 bits per heavy atom. The van der Waals surface area contributed by atoms with Crippen molar-refractivity contribution in [3.05, 3.63) is 0 Å². The van der Waals surface area contributed by atoms with Gasteiger partial charge in [0.05, 0.1) is 5.75 Å². The van der Waals surface area contributed by atoms with Crippen molar-refractivity contribution in [2.45, 2.75) is 43.4 Å². The van der Waals surface area contributed by atoms with E-state index in [1.807, 2.05) is 0 Å². The summed E-state index contributed by atoms with van der Waals surface area (Å²) in [7, 11) is -3.11. The second-order valence-corrected chi connectivity index (χ2v) is 8.30. The number of thioether (sulfide) groups is 1. The van der Waals surface area contributed by atoms with E-state index in [4.69, 9.17) is 0 Å². The van der Waals surface area contributed by atoms with Crippen LogP contribution < -0.4 is 10.0 Å². The monoisotopic (exact) mass is 292 g/mol. The molecule has 6 heteroatoms. The molecule has 2 rings (SSSR count). The van der Waals surface area contributed by atoms with E-state index in [-0.39, 0.29) is 17.7 Å². The maximum atomic E-state index is 12.2. The molecule has 18 heavy (non-hydrogen) atoms. The summed E-state index contributed by atoms with van der Waals surface area (Å²) in [6.07, 6.45) is 7.47. The van der Waals surface area contributed by atoms with Gasteiger partial charge in [-0.3, -0.25) is 0 Å². The zero-order valence-corrected chi connectivity index (χ0v) is 12.7. The normalized spacial score (nSPS) is 33.7. The molecule has 0 amide bonds. The molecule has 0 aromatic carbocycles. The minimum absolute atomic E-state index is 0.154. The van der Waals surface area contributed by atoms with Crippen LogP contribution in [0.3, 0.4) is 0 Å². The highest BCUT2D eigenvalue weighted by Gasteiger charge is 2.31. The van der Waals surface area contributed by atoms with Crippen molar-refractivity contribution in [1.82, 2.24) is 10.0 Å². The average Bonchev–Trinajstić information content (AvgIpc) is 2.76. The topological polar surface area (TPSA) is 58.2 Å². The van der Waals surface area contributed by atoms with E-state index in [0.29, 0.717) is 5.25 Å². The molecule has 1 aliphatic heterocycles. The summed E-state index contributed by atoms with van der Waals surface area (Å²) in [5.41, 5.74) is 0. The molecule has 0 aromatic rings. The Hall–Kier alpha value is 0.220. The van der Waals surface area contributed by atoms with Crippen LogP contribution in [-0.2, 0) is 10.0 Å². The van der Waals surface area contributed by atoms with Crippen LogP contribution in [0.15, 0.2) is 0 Å².